The number of amides is 1. The molecular formula is C28H37FN4O7. The first-order valence-electron chi connectivity index (χ1n) is 13.2. The molecule has 4 atom stereocenters. The molecule has 0 radical (unpaired) electrons. The van der Waals surface area contributed by atoms with Crippen molar-refractivity contribution in [1.29, 1.82) is 0 Å². The number of nitrogens with two attached hydrogens (primary N) is 1. The number of halogens is 1. The van der Waals surface area contributed by atoms with Crippen molar-refractivity contribution in [3.05, 3.63) is 51.2 Å². The number of nitrogens with zero attached hydrogens (tertiary/aromatic N) is 1. The molecule has 218 valence electrons. The van der Waals surface area contributed by atoms with Crippen molar-refractivity contribution in [2.45, 2.75) is 57.3 Å². The summed E-state index contributed by atoms with van der Waals surface area (Å²) in [5.41, 5.74) is 1.06. The quantitative estimate of drug-likeness (QED) is 0.185. The van der Waals surface area contributed by atoms with Crippen LogP contribution in [-0.2, 0) is 22.6 Å². The summed E-state index contributed by atoms with van der Waals surface area (Å²) >= 11 is 0. The molecular weight excluding hydrogens is 523 g/mol. The topological polar surface area (TPSA) is 185 Å². The van der Waals surface area contributed by atoms with Gasteiger partial charge in [-0.05, 0) is 59.7 Å². The van der Waals surface area contributed by atoms with Crippen molar-refractivity contribution >= 4 is 17.5 Å². The number of benzene rings is 1. The fraction of sp³-hybridized carbons (Fsp3) is 0.536. The smallest absolute Gasteiger partial charge is 0.255 e. The van der Waals surface area contributed by atoms with Crippen LogP contribution in [0.3, 0.4) is 0 Å². The Bertz CT molecular complexity index is 1350. The van der Waals surface area contributed by atoms with E-state index >= 15 is 4.39 Å². The number of carbonyl (C=O) groups excluding carboxylic acids is 3. The highest BCUT2D eigenvalue weighted by Crippen LogP contribution is 2.52. The van der Waals surface area contributed by atoms with Crippen molar-refractivity contribution in [2.24, 2.45) is 17.6 Å². The van der Waals surface area contributed by atoms with Gasteiger partial charge in [-0.1, -0.05) is 0 Å². The molecule has 40 heavy (non-hydrogen) atoms. The fourth-order valence-corrected chi connectivity index (χ4v) is 6.21. The summed E-state index contributed by atoms with van der Waals surface area (Å²) in [4.78, 5) is 40.6. The number of nitrogens with one attached hydrogen (secondary N) is 2. The van der Waals surface area contributed by atoms with Gasteiger partial charge in [0.25, 0.3) is 5.91 Å². The van der Waals surface area contributed by atoms with Crippen LogP contribution >= 0.6 is 0 Å². The number of aromatic hydroxyl groups is 1. The van der Waals surface area contributed by atoms with E-state index in [1.807, 2.05) is 20.8 Å². The van der Waals surface area contributed by atoms with Crippen LogP contribution in [0.1, 0.15) is 48.7 Å². The second-order valence-corrected chi connectivity index (χ2v) is 12.0. The number of Topliss-reactive ketones (excluding diaryl/α,β-unsaturated/α-hetero) is 2. The molecule has 1 amide bonds. The first kappa shape index (κ1) is 29.7. The number of fused-ring (bicyclic) bond motifs is 3. The normalized spacial score (nSPS) is 26.6. The lowest BCUT2D eigenvalue weighted by Crippen LogP contribution is -2.63. The Hall–Kier alpha value is -3.32. The van der Waals surface area contributed by atoms with Crippen molar-refractivity contribution in [3.63, 3.8) is 0 Å². The van der Waals surface area contributed by atoms with Gasteiger partial charge in [-0.25, -0.2) is 4.39 Å². The van der Waals surface area contributed by atoms with E-state index in [2.05, 4.69) is 10.6 Å². The highest BCUT2D eigenvalue weighted by Gasteiger charge is 2.63. The Morgan fingerprint density at radius 3 is 2.42 bits per heavy atom. The van der Waals surface area contributed by atoms with E-state index in [1.54, 1.807) is 14.1 Å². The number of rotatable bonds is 7. The number of phenolic OH excluding ortho intramolecular Hbond substituents is 1. The van der Waals surface area contributed by atoms with Crippen LogP contribution in [0.15, 0.2) is 28.7 Å². The fourth-order valence-electron chi connectivity index (χ4n) is 6.21. The summed E-state index contributed by atoms with van der Waals surface area (Å²) in [6, 6.07) is 0.0599. The Kier molecular flexibility index (Phi) is 7.61. The molecule has 1 aromatic rings. The third-order valence-corrected chi connectivity index (χ3v) is 8.02. The first-order valence-corrected chi connectivity index (χ1v) is 13.2. The van der Waals surface area contributed by atoms with Crippen LogP contribution in [0.4, 0.5) is 4.39 Å². The van der Waals surface area contributed by atoms with Gasteiger partial charge in [0, 0.05) is 47.8 Å². The number of ketones is 2. The molecule has 1 aromatic carbocycles. The zero-order valence-corrected chi connectivity index (χ0v) is 23.3. The molecule has 0 spiro atoms. The van der Waals surface area contributed by atoms with E-state index in [9.17, 15) is 34.8 Å². The monoisotopic (exact) mass is 560 g/mol. The lowest BCUT2D eigenvalue weighted by Gasteiger charge is -2.50. The van der Waals surface area contributed by atoms with Crippen LogP contribution in [0.2, 0.25) is 0 Å². The highest BCUT2D eigenvalue weighted by molar-refractivity contribution is 6.24. The molecule has 0 aliphatic heterocycles. The number of aliphatic hydroxyl groups excluding tert-OH is 2. The summed E-state index contributed by atoms with van der Waals surface area (Å²) in [6.07, 6.45) is -0.201. The minimum absolute atomic E-state index is 0.0335. The lowest BCUT2D eigenvalue weighted by atomic mass is 9.58. The van der Waals surface area contributed by atoms with E-state index in [1.165, 1.54) is 11.0 Å². The van der Waals surface area contributed by atoms with Crippen LogP contribution in [0.25, 0.3) is 0 Å². The number of likely N-dealkylation sites (N-methyl/N-ethyl adjacent to an activating group) is 1. The third kappa shape index (κ3) is 4.68. The predicted molar refractivity (Wildman–Crippen MR) is 143 cm³/mol. The number of allylic oxidation sites excluding steroid dienone is 1. The Morgan fingerprint density at radius 2 is 1.85 bits per heavy atom. The number of aliphatic hydroxyl groups is 3. The van der Waals surface area contributed by atoms with E-state index in [0.717, 1.165) is 0 Å². The zero-order chi connectivity index (χ0) is 29.9. The average Bonchev–Trinajstić information content (AvgIpc) is 2.82. The molecule has 0 saturated carbocycles. The number of carbonyl (C=O) groups is 3. The molecule has 0 fully saturated rings. The molecule has 3 aliphatic rings. The molecule has 4 rings (SSSR count). The number of hydrogen-bond acceptors (Lipinski definition) is 10. The first-order chi connectivity index (χ1) is 18.5. The molecule has 3 aliphatic carbocycles. The van der Waals surface area contributed by atoms with Gasteiger partial charge in [0.15, 0.2) is 11.4 Å². The molecule has 0 bridgehead atoms. The summed E-state index contributed by atoms with van der Waals surface area (Å²) in [5.74, 6) is -8.32. The van der Waals surface area contributed by atoms with Crippen molar-refractivity contribution in [2.75, 3.05) is 27.2 Å². The molecule has 0 heterocycles. The van der Waals surface area contributed by atoms with Gasteiger partial charge in [-0.3, -0.25) is 19.3 Å². The average molecular weight is 561 g/mol. The molecule has 0 aromatic heterocycles. The molecule has 0 saturated heterocycles. The van der Waals surface area contributed by atoms with Crippen LogP contribution in [-0.4, -0.2) is 87.2 Å². The summed E-state index contributed by atoms with van der Waals surface area (Å²) in [7, 11) is 3.08. The van der Waals surface area contributed by atoms with Crippen LogP contribution in [0, 0.1) is 17.7 Å². The Morgan fingerprint density at radius 1 is 1.20 bits per heavy atom. The SMILES string of the molecule is CN(C)[C@@H]1C(O)=C(C(N)=O)C(=O)[C@@]2(O)C(O)=C3C(=O)c4c(O)c(CNCCNC(C)(C)C)cc(F)c4C[C@H]3C[C@@H]12. The van der Waals surface area contributed by atoms with Gasteiger partial charge in [0.1, 0.15) is 28.7 Å². The standard InChI is InChI=1S/C28H37FN4O7/c1-27(2,3)32-7-6-31-11-13-10-16(29)14-8-12-9-15-20(33(4)5)23(36)19(26(30)39)25(38)28(15,40)24(37)17(12)22(35)18(14)21(13)34/h10,12,15,20,31-32,34,36-37,40H,6-9,11H2,1-5H3,(H2,30,39)/t12-,15-,20-,28-/m0/s1. The molecule has 8 N–H and O–H groups in total. The van der Waals surface area contributed by atoms with Crippen molar-refractivity contribution in [3.8, 4) is 5.75 Å². The molecule has 11 nitrogen and oxygen atoms in total. The number of phenols is 1. The van der Waals surface area contributed by atoms with Gasteiger partial charge < -0.3 is 36.8 Å². The summed E-state index contributed by atoms with van der Waals surface area (Å²) in [5, 5.41) is 51.2. The minimum Gasteiger partial charge on any atom is -0.510 e. The highest BCUT2D eigenvalue weighted by atomic mass is 19.1. The van der Waals surface area contributed by atoms with Gasteiger partial charge in [-0.2, -0.15) is 0 Å². The zero-order valence-electron chi connectivity index (χ0n) is 23.3. The Balaban J connectivity index is 1.75. The molecule has 12 heteroatoms. The van der Waals surface area contributed by atoms with Crippen molar-refractivity contribution in [1.82, 2.24) is 15.5 Å². The van der Waals surface area contributed by atoms with E-state index < -0.39 is 69.6 Å². The predicted octanol–water partition coefficient (Wildman–Crippen LogP) is 0.737. The van der Waals surface area contributed by atoms with E-state index in [0.29, 0.717) is 13.1 Å². The van der Waals surface area contributed by atoms with Crippen molar-refractivity contribution < 1.29 is 39.2 Å². The summed E-state index contributed by atoms with van der Waals surface area (Å²) < 4.78 is 15.4. The van der Waals surface area contributed by atoms with Gasteiger partial charge in [0.2, 0.25) is 5.78 Å². The van der Waals surface area contributed by atoms with E-state index in [-0.39, 0.29) is 47.2 Å². The Labute approximate surface area is 231 Å². The third-order valence-electron chi connectivity index (χ3n) is 8.02. The van der Waals surface area contributed by atoms with Gasteiger partial charge in [0.05, 0.1) is 11.6 Å². The minimum atomic E-state index is -2.74. The number of hydrogen-bond donors (Lipinski definition) is 7. The second kappa shape index (κ2) is 10.3. The van der Waals surface area contributed by atoms with E-state index in [4.69, 9.17) is 5.73 Å². The van der Waals surface area contributed by atoms with Crippen LogP contribution in [0.5, 0.6) is 5.75 Å². The maximum Gasteiger partial charge on any atom is 0.255 e. The van der Waals surface area contributed by atoms with Crippen LogP contribution < -0.4 is 16.4 Å². The molecule has 0 unspecified atom stereocenters. The maximum atomic E-state index is 15.4. The van der Waals surface area contributed by atoms with Gasteiger partial charge in [-0.15, -0.1) is 0 Å². The largest absolute Gasteiger partial charge is 0.510 e. The summed E-state index contributed by atoms with van der Waals surface area (Å²) in [6.45, 7) is 7.21. The second-order valence-electron chi connectivity index (χ2n) is 12.0. The lowest BCUT2D eigenvalue weighted by molar-refractivity contribution is -0.148. The number of primary amides is 1. The van der Waals surface area contributed by atoms with Gasteiger partial charge >= 0.3 is 0 Å². The maximum absolute atomic E-state index is 15.4.